The summed E-state index contributed by atoms with van der Waals surface area (Å²) >= 11 is 0. The molecule has 0 saturated carbocycles. The van der Waals surface area contributed by atoms with Gasteiger partial charge < -0.3 is 14.4 Å². The highest BCUT2D eigenvalue weighted by molar-refractivity contribution is 6.10. The number of nitrogens with zero attached hydrogens (tertiary/aromatic N) is 3. The molecule has 9 aromatic carbocycles. The molecule has 3 nitrogen and oxygen atoms in total. The average Bonchev–Trinajstić information content (AvgIpc) is 3.59. The first-order chi connectivity index (χ1) is 27.3. The quantitative estimate of drug-likeness (QED) is 0.156. The highest BCUT2D eigenvalue weighted by atomic mass is 15.2. The van der Waals surface area contributed by atoms with E-state index < -0.39 is 0 Å². The van der Waals surface area contributed by atoms with Crippen LogP contribution in [0.3, 0.4) is 0 Å². The summed E-state index contributed by atoms with van der Waals surface area (Å²) in [6.45, 7) is 0. The van der Waals surface area contributed by atoms with Crippen molar-refractivity contribution in [2.24, 2.45) is 0 Å². The minimum atomic E-state index is 1.09. The number of fused-ring (bicyclic) bond motifs is 4. The van der Waals surface area contributed by atoms with Crippen LogP contribution in [0, 0.1) is 0 Å². The first-order valence-electron chi connectivity index (χ1n) is 18.8. The molecule has 0 amide bonds. The zero-order valence-electron chi connectivity index (χ0n) is 30.2. The zero-order valence-corrected chi connectivity index (χ0v) is 30.2. The maximum absolute atomic E-state index is 2.36. The number of benzene rings is 9. The lowest BCUT2D eigenvalue weighted by atomic mass is 10.0. The van der Waals surface area contributed by atoms with Crippen LogP contribution in [0.15, 0.2) is 224 Å². The van der Waals surface area contributed by atoms with Crippen molar-refractivity contribution in [2.75, 3.05) is 9.80 Å². The Morgan fingerprint density at radius 3 is 1.38 bits per heavy atom. The van der Waals surface area contributed by atoms with Crippen LogP contribution in [0.2, 0.25) is 0 Å². The van der Waals surface area contributed by atoms with E-state index in [0.717, 1.165) is 34.1 Å². The van der Waals surface area contributed by atoms with Crippen LogP contribution < -0.4 is 9.80 Å². The van der Waals surface area contributed by atoms with E-state index in [-0.39, 0.29) is 0 Å². The summed E-state index contributed by atoms with van der Waals surface area (Å²) in [5, 5.41) is 4.94. The van der Waals surface area contributed by atoms with E-state index >= 15 is 0 Å². The van der Waals surface area contributed by atoms with Crippen molar-refractivity contribution in [2.45, 2.75) is 0 Å². The highest BCUT2D eigenvalue weighted by Gasteiger charge is 2.17. The Hall–Kier alpha value is -7.36. The van der Waals surface area contributed by atoms with Gasteiger partial charge in [-0.1, -0.05) is 121 Å². The van der Waals surface area contributed by atoms with Gasteiger partial charge in [-0.3, -0.25) is 0 Å². The van der Waals surface area contributed by atoms with E-state index in [9.17, 15) is 0 Å². The summed E-state index contributed by atoms with van der Waals surface area (Å²) in [6, 6.07) is 80.5. The Balaban J connectivity index is 1.05. The van der Waals surface area contributed by atoms with Crippen LogP contribution >= 0.6 is 0 Å². The van der Waals surface area contributed by atoms with Gasteiger partial charge in [0.1, 0.15) is 0 Å². The lowest BCUT2D eigenvalue weighted by Gasteiger charge is -2.28. The van der Waals surface area contributed by atoms with Gasteiger partial charge in [-0.2, -0.15) is 0 Å². The fraction of sp³-hybridized carbons (Fsp3) is 0. The average molecular weight is 704 g/mol. The van der Waals surface area contributed by atoms with E-state index in [1.165, 1.54) is 49.4 Å². The molecule has 1 heterocycles. The summed E-state index contributed by atoms with van der Waals surface area (Å²) in [5.41, 5.74) is 12.6. The molecule has 0 aliphatic rings. The lowest BCUT2D eigenvalue weighted by Crippen LogP contribution is -2.12. The molecule has 0 saturated heterocycles. The Morgan fingerprint density at radius 1 is 0.273 bits per heavy atom. The normalized spacial score (nSPS) is 11.3. The first kappa shape index (κ1) is 32.3. The molecule has 0 atom stereocenters. The summed E-state index contributed by atoms with van der Waals surface area (Å²) in [7, 11) is 0. The molecule has 260 valence electrons. The van der Waals surface area contributed by atoms with E-state index in [4.69, 9.17) is 0 Å². The minimum Gasteiger partial charge on any atom is -0.311 e. The van der Waals surface area contributed by atoms with E-state index in [1.807, 2.05) is 0 Å². The molecule has 3 heteroatoms. The zero-order chi connectivity index (χ0) is 36.6. The monoisotopic (exact) mass is 703 g/mol. The third-order valence-corrected chi connectivity index (χ3v) is 10.5. The molecule has 1 aromatic heterocycles. The number of rotatable bonds is 8. The third-order valence-electron chi connectivity index (χ3n) is 10.5. The van der Waals surface area contributed by atoms with Gasteiger partial charge in [0.15, 0.2) is 0 Å². The second-order valence-corrected chi connectivity index (χ2v) is 13.9. The Morgan fingerprint density at radius 2 is 0.727 bits per heavy atom. The molecule has 55 heavy (non-hydrogen) atoms. The van der Waals surface area contributed by atoms with E-state index in [1.54, 1.807) is 0 Å². The largest absolute Gasteiger partial charge is 0.311 e. The maximum Gasteiger partial charge on any atom is 0.0541 e. The van der Waals surface area contributed by atoms with E-state index in [0.29, 0.717) is 0 Å². The number of anilines is 6. The van der Waals surface area contributed by atoms with Crippen LogP contribution in [0.25, 0.3) is 49.4 Å². The van der Waals surface area contributed by atoms with Gasteiger partial charge in [0.05, 0.1) is 11.0 Å². The summed E-state index contributed by atoms with van der Waals surface area (Å²) < 4.78 is 2.36. The predicted molar refractivity (Wildman–Crippen MR) is 233 cm³/mol. The minimum absolute atomic E-state index is 1.09. The SMILES string of the molecule is c1ccc(N(c2ccccc2)c2ccc(N(c3ccc(-c4ccc5c(c4)c4ccccc4n5-c4ccccc4)cc3)c3ccc4ccccc4c3)cc2)cc1. The molecule has 0 fully saturated rings. The fourth-order valence-corrected chi connectivity index (χ4v) is 7.93. The Bertz CT molecular complexity index is 2860. The molecule has 0 unspecified atom stereocenters. The van der Waals surface area contributed by atoms with Gasteiger partial charge in [-0.25, -0.2) is 0 Å². The van der Waals surface area contributed by atoms with Gasteiger partial charge in [-0.15, -0.1) is 0 Å². The number of hydrogen-bond donors (Lipinski definition) is 0. The third kappa shape index (κ3) is 5.98. The van der Waals surface area contributed by atoms with Crippen molar-refractivity contribution in [1.29, 1.82) is 0 Å². The van der Waals surface area contributed by atoms with Crippen LogP contribution in [0.5, 0.6) is 0 Å². The molecule has 0 radical (unpaired) electrons. The molecule has 0 N–H and O–H groups in total. The standard InChI is InChI=1S/C52H37N3/c1-4-16-42(17-5-1)53(43-18-6-2-7-19-43)46-31-33-47(34-32-46)54(48-30-26-38-14-10-11-15-40(38)36-48)45-28-24-39(25-29-45)41-27-35-52-50(37-41)49-22-12-13-23-51(49)55(52)44-20-8-3-9-21-44/h1-37H. The van der Waals surface area contributed by atoms with Crippen molar-refractivity contribution in [3.8, 4) is 16.8 Å². The molecule has 0 aliphatic heterocycles. The van der Waals surface area contributed by atoms with Gasteiger partial charge in [-0.05, 0) is 125 Å². The second kappa shape index (κ2) is 13.9. The van der Waals surface area contributed by atoms with Crippen molar-refractivity contribution >= 4 is 66.7 Å². The molecule has 10 aromatic rings. The van der Waals surface area contributed by atoms with Gasteiger partial charge in [0, 0.05) is 50.6 Å². The van der Waals surface area contributed by atoms with Crippen molar-refractivity contribution in [3.63, 3.8) is 0 Å². The molecule has 10 rings (SSSR count). The van der Waals surface area contributed by atoms with Crippen LogP contribution in [0.1, 0.15) is 0 Å². The van der Waals surface area contributed by atoms with E-state index in [2.05, 4.69) is 239 Å². The van der Waals surface area contributed by atoms with Gasteiger partial charge in [0.2, 0.25) is 0 Å². The maximum atomic E-state index is 2.36. The number of hydrogen-bond acceptors (Lipinski definition) is 2. The Kier molecular flexibility index (Phi) is 8.16. The summed E-state index contributed by atoms with van der Waals surface area (Å²) in [4.78, 5) is 4.65. The Labute approximate surface area is 321 Å². The molecular formula is C52H37N3. The molecular weight excluding hydrogens is 667 g/mol. The number of para-hydroxylation sites is 4. The second-order valence-electron chi connectivity index (χ2n) is 13.9. The summed E-state index contributed by atoms with van der Waals surface area (Å²) in [5.74, 6) is 0. The highest BCUT2D eigenvalue weighted by Crippen LogP contribution is 2.41. The predicted octanol–water partition coefficient (Wildman–Crippen LogP) is 14.5. The smallest absolute Gasteiger partial charge is 0.0541 e. The number of aromatic nitrogens is 1. The fourth-order valence-electron chi connectivity index (χ4n) is 7.93. The molecule has 0 spiro atoms. The van der Waals surface area contributed by atoms with Gasteiger partial charge >= 0.3 is 0 Å². The van der Waals surface area contributed by atoms with Crippen molar-refractivity contribution in [3.05, 3.63) is 224 Å². The van der Waals surface area contributed by atoms with Gasteiger partial charge in [0.25, 0.3) is 0 Å². The summed E-state index contributed by atoms with van der Waals surface area (Å²) in [6.07, 6.45) is 0. The van der Waals surface area contributed by atoms with Crippen LogP contribution in [-0.4, -0.2) is 4.57 Å². The lowest BCUT2D eigenvalue weighted by molar-refractivity contribution is 1.18. The van der Waals surface area contributed by atoms with Crippen molar-refractivity contribution < 1.29 is 0 Å². The first-order valence-corrected chi connectivity index (χ1v) is 18.8. The van der Waals surface area contributed by atoms with Crippen molar-refractivity contribution in [1.82, 2.24) is 4.57 Å². The molecule has 0 aliphatic carbocycles. The molecule has 0 bridgehead atoms. The topological polar surface area (TPSA) is 11.4 Å². The van der Waals surface area contributed by atoms with Crippen LogP contribution in [0.4, 0.5) is 34.1 Å². The van der Waals surface area contributed by atoms with Crippen LogP contribution in [-0.2, 0) is 0 Å².